The van der Waals surface area contributed by atoms with Crippen LogP contribution >= 0.6 is 0 Å². The Bertz CT molecular complexity index is 285. The first-order chi connectivity index (χ1) is 6.21. The molecule has 0 aromatic carbocycles. The fourth-order valence-corrected chi connectivity index (χ4v) is 0.685. The van der Waals surface area contributed by atoms with Crippen molar-refractivity contribution < 1.29 is 143 Å². The first-order valence-corrected chi connectivity index (χ1v) is 3.22. The predicted octanol–water partition coefficient (Wildman–Crippen LogP) is -13.3. The monoisotopic (exact) mass is 322 g/mol. The average Bonchev–Trinajstić information content (AvgIpc) is 2.00. The molecule has 2 unspecified atom stereocenters. The summed E-state index contributed by atoms with van der Waals surface area (Å²) in [7, 11) is 0. The molecule has 0 amide bonds. The molecule has 2 atom stereocenters. The van der Waals surface area contributed by atoms with Crippen molar-refractivity contribution in [3.63, 3.8) is 0 Å². The molecule has 0 bridgehead atoms. The second kappa shape index (κ2) is 12.6. The van der Waals surface area contributed by atoms with E-state index in [9.17, 15) is 34.8 Å². The van der Waals surface area contributed by atoms with E-state index in [0.717, 1.165) is 0 Å². The molecule has 8 nitrogen and oxygen atoms in total. The number of aliphatic hydroxyl groups is 1. The van der Waals surface area contributed by atoms with Gasteiger partial charge in [0.05, 0.1) is 12.1 Å². The quantitative estimate of drug-likeness (QED) is 0.487. The van der Waals surface area contributed by atoms with Crippen molar-refractivity contribution in [1.82, 2.24) is 0 Å². The van der Waals surface area contributed by atoms with Crippen molar-refractivity contribution in [2.45, 2.75) is 18.1 Å². The molecule has 0 aromatic rings. The van der Waals surface area contributed by atoms with Crippen LogP contribution in [0, 0.1) is 0 Å². The minimum Gasteiger partial charge on any atom is -0.843 e. The van der Waals surface area contributed by atoms with Crippen molar-refractivity contribution in [3.8, 4) is 0 Å². The van der Waals surface area contributed by atoms with E-state index in [1.165, 1.54) is 0 Å². The summed E-state index contributed by atoms with van der Waals surface area (Å²) < 4.78 is 0. The van der Waals surface area contributed by atoms with Gasteiger partial charge in [-0.05, 0) is 12.0 Å². The Balaban J connectivity index is -0.000000282. The zero-order valence-electron chi connectivity index (χ0n) is 9.30. The normalized spacial score (nSPS) is 13.8. The third-order valence-electron chi connectivity index (χ3n) is 1.42. The molecule has 0 aliphatic heterocycles. The van der Waals surface area contributed by atoms with Crippen LogP contribution in [0.15, 0.2) is 0 Å². The van der Waals surface area contributed by atoms with Gasteiger partial charge in [0.25, 0.3) is 0 Å². The third-order valence-corrected chi connectivity index (χ3v) is 1.42. The summed E-state index contributed by atoms with van der Waals surface area (Å²) in [5.74, 6) is -7.08. The summed E-state index contributed by atoms with van der Waals surface area (Å²) in [5.41, 5.74) is -3.71. The molecule has 0 saturated carbocycles. The van der Waals surface area contributed by atoms with Crippen molar-refractivity contribution >= 4 is 55.6 Å². The summed E-state index contributed by atoms with van der Waals surface area (Å²) >= 11 is 0. The Morgan fingerprint density at radius 1 is 1.12 bits per heavy atom. The van der Waals surface area contributed by atoms with E-state index >= 15 is 0 Å². The molecule has 0 fully saturated rings. The Hall–Kier alpha value is 2.86. The maximum atomic E-state index is 11.0. The van der Waals surface area contributed by atoms with Crippen LogP contribution in [-0.2, 0) is 14.4 Å². The van der Waals surface area contributed by atoms with Gasteiger partial charge in [-0.1, -0.05) is 0 Å². The van der Waals surface area contributed by atoms with Crippen LogP contribution in [0.1, 0.15) is 6.42 Å². The largest absolute Gasteiger partial charge is 2.00 e. The first kappa shape index (κ1) is 28.1. The molecule has 17 heavy (non-hydrogen) atoms. The van der Waals surface area contributed by atoms with Crippen molar-refractivity contribution in [1.29, 1.82) is 0 Å². The summed E-state index contributed by atoms with van der Waals surface area (Å²) in [5, 5.41) is 49.6. The molecule has 1 N–H and O–H groups in total. The summed E-state index contributed by atoms with van der Waals surface area (Å²) in [6.07, 6.45) is -4.75. The standard InChI is InChI=1S/C6H7O8.Ca.2K/c7-2(8)1-6(14,5(12)13)3(9)4(10)11;;;/h3,9H,1H2,(H,7,8)(H,10,11)(H,12,13);;;/q-1;+2;2*+1/p-3. The van der Waals surface area contributed by atoms with Gasteiger partial charge in [-0.3, -0.25) is 0 Å². The average molecular weight is 322 g/mol. The summed E-state index contributed by atoms with van der Waals surface area (Å²) in [6.45, 7) is 0. The second-order valence-corrected chi connectivity index (χ2v) is 2.45. The van der Waals surface area contributed by atoms with Gasteiger partial charge in [-0.15, -0.1) is 0 Å². The Labute approximate surface area is 211 Å². The van der Waals surface area contributed by atoms with E-state index in [4.69, 9.17) is 5.11 Å². The predicted molar refractivity (Wildman–Crippen MR) is 34.1 cm³/mol. The number of carboxylic acid groups (broad SMARTS) is 3. The maximum absolute atomic E-state index is 11.0. The topological polar surface area (TPSA) is 164 Å². The molecule has 0 aliphatic rings. The number of carbonyl (C=O) groups is 3. The zero-order valence-corrected chi connectivity index (χ0v) is 17.8. The number of rotatable bonds is 5. The summed E-state index contributed by atoms with van der Waals surface area (Å²) in [4.78, 5) is 30.0. The van der Waals surface area contributed by atoms with Gasteiger partial charge >= 0.3 is 141 Å². The van der Waals surface area contributed by atoms with Crippen LogP contribution in [0.25, 0.3) is 0 Å². The molecule has 0 spiro atoms. The fraction of sp³-hybridized carbons (Fsp3) is 0.500. The van der Waals surface area contributed by atoms with Gasteiger partial charge in [0.2, 0.25) is 0 Å². The molecule has 0 saturated heterocycles. The molecule has 80 valence electrons. The Kier molecular flexibility index (Phi) is 20.8. The molecule has 0 heterocycles. The van der Waals surface area contributed by atoms with Gasteiger partial charge in [-0.2, -0.15) is 0 Å². The van der Waals surface area contributed by atoms with Gasteiger partial charge in [0.15, 0.2) is 0 Å². The minimum atomic E-state index is -3.71. The third kappa shape index (κ3) is 9.42. The van der Waals surface area contributed by atoms with E-state index in [0.29, 0.717) is 0 Å². The van der Waals surface area contributed by atoms with Crippen LogP contribution in [0.2, 0.25) is 0 Å². The van der Waals surface area contributed by atoms with Crippen LogP contribution < -0.4 is 123 Å². The molecular weight excluding hydrogens is 318 g/mol. The van der Waals surface area contributed by atoms with Gasteiger partial charge in [-0.25, -0.2) is 0 Å². The van der Waals surface area contributed by atoms with E-state index in [2.05, 4.69) is 0 Å². The molecule has 0 aromatic heterocycles. The molecule has 0 rings (SSSR count). The zero-order chi connectivity index (χ0) is 11.5. The van der Waals surface area contributed by atoms with Gasteiger partial charge in [0, 0.05) is 11.9 Å². The molecule has 11 heteroatoms. The Morgan fingerprint density at radius 2 is 1.47 bits per heavy atom. The van der Waals surface area contributed by atoms with Crippen LogP contribution in [0.4, 0.5) is 0 Å². The second-order valence-electron chi connectivity index (χ2n) is 2.45. The number of hydrogen-bond acceptors (Lipinski definition) is 8. The van der Waals surface area contributed by atoms with Gasteiger partial charge in [0.1, 0.15) is 0 Å². The van der Waals surface area contributed by atoms with Crippen molar-refractivity contribution in [3.05, 3.63) is 0 Å². The minimum absolute atomic E-state index is 0. The van der Waals surface area contributed by atoms with Crippen molar-refractivity contribution in [2.75, 3.05) is 0 Å². The fourth-order valence-electron chi connectivity index (χ4n) is 0.685. The van der Waals surface area contributed by atoms with Crippen LogP contribution in [-0.4, -0.2) is 72.5 Å². The molecule has 0 radical (unpaired) electrons. The Morgan fingerprint density at radius 3 is 1.65 bits per heavy atom. The van der Waals surface area contributed by atoms with E-state index in [1.54, 1.807) is 0 Å². The molecular formula is C6H4CaK2O8. The SMILES string of the molecule is O=C([O-])CC([O-])(C(=O)[O-])C(O)C(=O)[O-].[Ca+2].[K+].[K+]. The summed E-state index contributed by atoms with van der Waals surface area (Å²) in [6, 6.07) is 0. The van der Waals surface area contributed by atoms with Crippen LogP contribution in [0.5, 0.6) is 0 Å². The molecule has 0 aliphatic carbocycles. The van der Waals surface area contributed by atoms with E-state index in [1.807, 2.05) is 0 Å². The number of aliphatic hydroxyl groups excluding tert-OH is 1. The number of carboxylic acids is 3. The number of hydrogen-bond donors (Lipinski definition) is 1. The van der Waals surface area contributed by atoms with Crippen molar-refractivity contribution in [2.24, 2.45) is 0 Å². The first-order valence-electron chi connectivity index (χ1n) is 3.22. The van der Waals surface area contributed by atoms with Gasteiger partial charge < -0.3 is 39.9 Å². The number of carbonyl (C=O) groups excluding carboxylic acids is 3. The maximum Gasteiger partial charge on any atom is 2.00 e. The van der Waals surface area contributed by atoms with E-state index in [-0.39, 0.29) is 141 Å². The van der Waals surface area contributed by atoms with Crippen LogP contribution in [0.3, 0.4) is 0 Å². The van der Waals surface area contributed by atoms with E-state index < -0.39 is 36.0 Å². The number of aliphatic carboxylic acids is 3. The smallest absolute Gasteiger partial charge is 0.843 e.